The molecule has 0 aliphatic heterocycles. The molecule has 0 amide bonds. The third-order valence-corrected chi connectivity index (χ3v) is 1.58. The minimum atomic E-state index is -0.380. The summed E-state index contributed by atoms with van der Waals surface area (Å²) in [6.45, 7) is 4.62. The number of guanidine groups is 1. The Bertz CT molecular complexity index is 290. The first-order chi connectivity index (χ1) is 7.72. The summed E-state index contributed by atoms with van der Waals surface area (Å²) in [6.07, 6.45) is 0. The van der Waals surface area contributed by atoms with E-state index in [0.717, 1.165) is 0 Å². The maximum atomic E-state index is 10.7. The number of ether oxygens (including phenoxy) is 1. The first-order valence-corrected chi connectivity index (χ1v) is 4.94. The van der Waals surface area contributed by atoms with Crippen LogP contribution in [0, 0.1) is 5.41 Å². The predicted molar refractivity (Wildman–Crippen MR) is 62.5 cm³/mol. The standard InChI is InChI=1S/C6H13N3O2.C4H6O2/c1-3-11-5(10)4-9(2)6(7)8;1-3(5)4(2)6/h3-4H2,1-2H3,(H3,7,8);1-2H3. The third kappa shape index (κ3) is 12.0. The topological polar surface area (TPSA) is 114 Å². The molecule has 0 saturated heterocycles. The lowest BCUT2D eigenvalue weighted by Crippen LogP contribution is -2.37. The molecule has 0 radical (unpaired) electrons. The van der Waals surface area contributed by atoms with Crippen molar-refractivity contribution in [1.29, 1.82) is 5.41 Å². The number of Topliss-reactive ketones (excluding diaryl/α,β-unsaturated/α-hetero) is 2. The Morgan fingerprint density at radius 2 is 1.65 bits per heavy atom. The van der Waals surface area contributed by atoms with Crippen molar-refractivity contribution in [2.24, 2.45) is 5.73 Å². The van der Waals surface area contributed by atoms with Crippen molar-refractivity contribution in [3.8, 4) is 0 Å². The van der Waals surface area contributed by atoms with E-state index in [1.165, 1.54) is 18.7 Å². The van der Waals surface area contributed by atoms with E-state index < -0.39 is 0 Å². The molecule has 3 N–H and O–H groups in total. The van der Waals surface area contributed by atoms with E-state index >= 15 is 0 Å². The molecule has 0 spiro atoms. The molecule has 0 aromatic carbocycles. The van der Waals surface area contributed by atoms with E-state index in [2.05, 4.69) is 4.74 Å². The van der Waals surface area contributed by atoms with Crippen LogP contribution in [0.25, 0.3) is 0 Å². The van der Waals surface area contributed by atoms with Crippen LogP contribution in [0.2, 0.25) is 0 Å². The second-order valence-electron chi connectivity index (χ2n) is 3.16. The van der Waals surface area contributed by atoms with E-state index in [0.29, 0.717) is 6.61 Å². The summed E-state index contributed by atoms with van der Waals surface area (Å²) in [5.41, 5.74) is 5.08. The quantitative estimate of drug-likeness (QED) is 0.300. The molecule has 0 unspecified atom stereocenters. The van der Waals surface area contributed by atoms with Gasteiger partial charge >= 0.3 is 5.97 Å². The fourth-order valence-corrected chi connectivity index (χ4v) is 0.485. The van der Waals surface area contributed by atoms with Crippen molar-refractivity contribution >= 4 is 23.5 Å². The number of carbonyl (C=O) groups is 3. The fraction of sp³-hybridized carbons (Fsp3) is 0.600. The number of rotatable bonds is 4. The normalized spacial score (nSPS) is 8.47. The smallest absolute Gasteiger partial charge is 0.325 e. The van der Waals surface area contributed by atoms with Gasteiger partial charge in [0.15, 0.2) is 17.5 Å². The van der Waals surface area contributed by atoms with Gasteiger partial charge in [0.2, 0.25) is 0 Å². The summed E-state index contributed by atoms with van der Waals surface area (Å²) in [4.78, 5) is 31.6. The van der Waals surface area contributed by atoms with E-state index in [4.69, 9.17) is 11.1 Å². The maximum absolute atomic E-state index is 10.7. The molecule has 0 aliphatic rings. The molecule has 0 aromatic heterocycles. The largest absolute Gasteiger partial charge is 0.465 e. The molecule has 98 valence electrons. The summed E-state index contributed by atoms with van der Waals surface area (Å²) in [7, 11) is 1.55. The van der Waals surface area contributed by atoms with Crippen LogP contribution in [0.5, 0.6) is 0 Å². The Morgan fingerprint density at radius 3 is 1.88 bits per heavy atom. The summed E-state index contributed by atoms with van der Waals surface area (Å²) >= 11 is 0. The average Bonchev–Trinajstić information content (AvgIpc) is 2.18. The molecule has 0 fully saturated rings. The van der Waals surface area contributed by atoms with E-state index in [9.17, 15) is 14.4 Å². The van der Waals surface area contributed by atoms with Gasteiger partial charge in [-0.25, -0.2) is 0 Å². The summed E-state index contributed by atoms with van der Waals surface area (Å²) in [5.74, 6) is -1.27. The Balaban J connectivity index is 0. The van der Waals surface area contributed by atoms with Crippen LogP contribution in [0.3, 0.4) is 0 Å². The number of nitrogens with zero attached hydrogens (tertiary/aromatic N) is 1. The van der Waals surface area contributed by atoms with Gasteiger partial charge in [-0.3, -0.25) is 19.8 Å². The Kier molecular flexibility index (Phi) is 9.58. The minimum Gasteiger partial charge on any atom is -0.465 e. The second kappa shape index (κ2) is 9.32. The van der Waals surface area contributed by atoms with Crippen molar-refractivity contribution in [3.63, 3.8) is 0 Å². The highest BCUT2D eigenvalue weighted by molar-refractivity contribution is 6.35. The predicted octanol–water partition coefficient (Wildman–Crippen LogP) is -0.461. The van der Waals surface area contributed by atoms with E-state index in [1.807, 2.05) is 0 Å². The molecule has 7 nitrogen and oxygen atoms in total. The summed E-state index contributed by atoms with van der Waals surface area (Å²) in [5, 5.41) is 6.92. The summed E-state index contributed by atoms with van der Waals surface area (Å²) < 4.78 is 4.63. The molecule has 0 heterocycles. The lowest BCUT2D eigenvalue weighted by Gasteiger charge is -2.14. The number of carbonyl (C=O) groups excluding carboxylic acids is 3. The van der Waals surface area contributed by atoms with Crippen LogP contribution in [0.1, 0.15) is 20.8 Å². The highest BCUT2D eigenvalue weighted by Gasteiger charge is 2.06. The van der Waals surface area contributed by atoms with E-state index in [-0.39, 0.29) is 30.0 Å². The number of ketones is 2. The summed E-state index contributed by atoms with van der Waals surface area (Å²) in [6, 6.07) is 0. The zero-order chi connectivity index (χ0) is 14.0. The van der Waals surface area contributed by atoms with Gasteiger partial charge in [-0.1, -0.05) is 0 Å². The number of nitrogens with two attached hydrogens (primary N) is 1. The molecule has 0 aromatic rings. The Hall–Kier alpha value is -1.92. The molecule has 0 atom stereocenters. The van der Waals surface area contributed by atoms with Crippen molar-refractivity contribution in [2.75, 3.05) is 20.2 Å². The van der Waals surface area contributed by atoms with Crippen molar-refractivity contribution < 1.29 is 19.1 Å². The van der Waals surface area contributed by atoms with Gasteiger partial charge in [-0.2, -0.15) is 0 Å². The number of hydrogen-bond donors (Lipinski definition) is 2. The van der Waals surface area contributed by atoms with Gasteiger partial charge in [0.05, 0.1) is 6.61 Å². The van der Waals surface area contributed by atoms with Crippen LogP contribution in [0.15, 0.2) is 0 Å². The van der Waals surface area contributed by atoms with Crippen LogP contribution in [-0.4, -0.2) is 48.6 Å². The van der Waals surface area contributed by atoms with Crippen molar-refractivity contribution in [2.45, 2.75) is 20.8 Å². The first kappa shape index (κ1) is 17.5. The highest BCUT2D eigenvalue weighted by atomic mass is 16.5. The average molecular weight is 245 g/mol. The zero-order valence-corrected chi connectivity index (χ0v) is 10.6. The van der Waals surface area contributed by atoms with Gasteiger partial charge in [0.25, 0.3) is 0 Å². The lowest BCUT2D eigenvalue weighted by molar-refractivity contribution is -0.143. The number of nitrogens with one attached hydrogen (secondary N) is 1. The lowest BCUT2D eigenvalue weighted by atomic mass is 10.3. The van der Waals surface area contributed by atoms with Crippen LogP contribution in [0.4, 0.5) is 0 Å². The van der Waals surface area contributed by atoms with Crippen LogP contribution < -0.4 is 5.73 Å². The van der Waals surface area contributed by atoms with Crippen molar-refractivity contribution in [3.05, 3.63) is 0 Å². The molecule has 7 heteroatoms. The Labute approximate surface area is 100 Å². The number of likely N-dealkylation sites (N-methyl/N-ethyl adjacent to an activating group) is 1. The molecule has 0 rings (SSSR count). The second-order valence-corrected chi connectivity index (χ2v) is 3.16. The van der Waals surface area contributed by atoms with Gasteiger partial charge in [0.1, 0.15) is 6.54 Å². The zero-order valence-electron chi connectivity index (χ0n) is 10.6. The molecule has 0 bridgehead atoms. The molecule has 0 aliphatic carbocycles. The number of hydrogen-bond acceptors (Lipinski definition) is 5. The first-order valence-electron chi connectivity index (χ1n) is 4.94. The van der Waals surface area contributed by atoms with E-state index in [1.54, 1.807) is 14.0 Å². The fourth-order valence-electron chi connectivity index (χ4n) is 0.485. The molecular formula is C10H19N3O4. The van der Waals surface area contributed by atoms with Gasteiger partial charge < -0.3 is 15.4 Å². The van der Waals surface area contributed by atoms with Crippen LogP contribution in [-0.2, 0) is 19.1 Å². The monoisotopic (exact) mass is 245 g/mol. The van der Waals surface area contributed by atoms with Gasteiger partial charge in [0, 0.05) is 20.9 Å². The van der Waals surface area contributed by atoms with Crippen molar-refractivity contribution in [1.82, 2.24) is 4.90 Å². The van der Waals surface area contributed by atoms with Gasteiger partial charge in [-0.15, -0.1) is 0 Å². The Morgan fingerprint density at radius 1 is 1.24 bits per heavy atom. The maximum Gasteiger partial charge on any atom is 0.325 e. The van der Waals surface area contributed by atoms with Gasteiger partial charge in [-0.05, 0) is 6.92 Å². The third-order valence-electron chi connectivity index (χ3n) is 1.58. The van der Waals surface area contributed by atoms with Crippen LogP contribution >= 0.6 is 0 Å². The minimum absolute atomic E-state index is 0.0309. The number of esters is 1. The molecule has 0 saturated carbocycles. The molecular weight excluding hydrogens is 226 g/mol. The molecule has 17 heavy (non-hydrogen) atoms. The SMILES string of the molecule is CC(=O)C(C)=O.CCOC(=O)CN(C)C(=N)N. The highest BCUT2D eigenvalue weighted by Crippen LogP contribution is 1.83.